The number of anilines is 1. The molecule has 1 aromatic heterocycles. The molecule has 0 radical (unpaired) electrons. The van der Waals surface area contributed by atoms with Crippen molar-refractivity contribution in [1.29, 1.82) is 0 Å². The fourth-order valence-electron chi connectivity index (χ4n) is 3.13. The van der Waals surface area contributed by atoms with E-state index in [4.69, 9.17) is 4.74 Å². The molecule has 2 atom stereocenters. The van der Waals surface area contributed by atoms with Crippen molar-refractivity contribution in [2.45, 2.75) is 30.9 Å². The molecule has 0 bridgehead atoms. The molecule has 1 spiro atoms. The minimum Gasteiger partial charge on any atom is -0.371 e. The zero-order valence-corrected chi connectivity index (χ0v) is 13.1. The topological polar surface area (TPSA) is 84.4 Å². The highest BCUT2D eigenvalue weighted by Gasteiger charge is 2.45. The Labute approximate surface area is 128 Å². The number of nitrogens with one attached hydrogen (secondary N) is 1. The number of halogens is 1. The van der Waals surface area contributed by atoms with Crippen LogP contribution in [0.2, 0.25) is 0 Å². The summed E-state index contributed by atoms with van der Waals surface area (Å²) in [4.78, 5) is 7.74. The summed E-state index contributed by atoms with van der Waals surface area (Å²) >= 11 is 0. The molecular weight excluding hydrogens is 311 g/mol. The maximum Gasteiger partial charge on any atom is 0.223 e. The Bertz CT molecular complexity index is 639. The Balaban J connectivity index is 1.65. The third-order valence-electron chi connectivity index (χ3n) is 4.14. The van der Waals surface area contributed by atoms with Crippen LogP contribution in [0.25, 0.3) is 0 Å². The SMILES string of the molecule is CS(=O)(=O)N1CCC[C@@]2(C[C@@H](Nc3ncc(F)cn3)CO2)C1. The predicted octanol–water partition coefficient (Wildman–Crippen LogP) is 0.611. The molecule has 2 fully saturated rings. The molecule has 2 aliphatic heterocycles. The van der Waals surface area contributed by atoms with Gasteiger partial charge >= 0.3 is 0 Å². The van der Waals surface area contributed by atoms with Gasteiger partial charge in [0, 0.05) is 19.5 Å². The third kappa shape index (κ3) is 3.36. The van der Waals surface area contributed by atoms with E-state index in [9.17, 15) is 12.8 Å². The molecule has 1 aromatic rings. The molecule has 1 N–H and O–H groups in total. The second-order valence-electron chi connectivity index (χ2n) is 5.96. The van der Waals surface area contributed by atoms with E-state index in [0.29, 0.717) is 32.1 Å². The number of piperidine rings is 1. The fourth-order valence-corrected chi connectivity index (χ4v) is 4.06. The van der Waals surface area contributed by atoms with Gasteiger partial charge in [-0.25, -0.2) is 22.8 Å². The highest BCUT2D eigenvalue weighted by molar-refractivity contribution is 7.88. The summed E-state index contributed by atoms with van der Waals surface area (Å²) < 4.78 is 43.7. The van der Waals surface area contributed by atoms with Crippen LogP contribution < -0.4 is 5.32 Å². The Morgan fingerprint density at radius 1 is 1.45 bits per heavy atom. The lowest BCUT2D eigenvalue weighted by Gasteiger charge is -2.38. The van der Waals surface area contributed by atoms with Crippen LogP contribution in [0.1, 0.15) is 19.3 Å². The number of ether oxygens (including phenoxy) is 1. The van der Waals surface area contributed by atoms with Crippen LogP contribution in [0, 0.1) is 5.82 Å². The first-order valence-electron chi connectivity index (χ1n) is 7.20. The number of sulfonamides is 1. The van der Waals surface area contributed by atoms with Gasteiger partial charge in [-0.2, -0.15) is 4.31 Å². The van der Waals surface area contributed by atoms with E-state index in [1.54, 1.807) is 0 Å². The second-order valence-corrected chi connectivity index (χ2v) is 7.95. The maximum absolute atomic E-state index is 12.8. The predicted molar refractivity (Wildman–Crippen MR) is 78.4 cm³/mol. The van der Waals surface area contributed by atoms with Crippen molar-refractivity contribution < 1.29 is 17.5 Å². The monoisotopic (exact) mass is 330 g/mol. The van der Waals surface area contributed by atoms with Crippen LogP contribution in [0.4, 0.5) is 10.3 Å². The number of hydrogen-bond donors (Lipinski definition) is 1. The molecule has 9 heteroatoms. The minimum absolute atomic E-state index is 0.00929. The molecule has 3 heterocycles. The Morgan fingerprint density at radius 3 is 2.86 bits per heavy atom. The normalized spacial score (nSPS) is 29.8. The van der Waals surface area contributed by atoms with Crippen molar-refractivity contribution >= 4 is 16.0 Å². The molecule has 2 saturated heterocycles. The van der Waals surface area contributed by atoms with Gasteiger partial charge in [-0.15, -0.1) is 0 Å². The highest BCUT2D eigenvalue weighted by atomic mass is 32.2. The number of aromatic nitrogens is 2. The van der Waals surface area contributed by atoms with E-state index in [1.807, 2.05) is 0 Å². The van der Waals surface area contributed by atoms with Crippen LogP contribution in [0.15, 0.2) is 12.4 Å². The molecule has 0 aromatic carbocycles. The van der Waals surface area contributed by atoms with Crippen molar-refractivity contribution in [2.75, 3.05) is 31.3 Å². The molecule has 2 aliphatic rings. The summed E-state index contributed by atoms with van der Waals surface area (Å²) in [6, 6.07) is -0.00929. The quantitative estimate of drug-likeness (QED) is 0.874. The molecule has 7 nitrogen and oxygen atoms in total. The van der Waals surface area contributed by atoms with E-state index in [1.165, 1.54) is 10.6 Å². The van der Waals surface area contributed by atoms with Crippen molar-refractivity contribution in [1.82, 2.24) is 14.3 Å². The zero-order valence-electron chi connectivity index (χ0n) is 12.3. The van der Waals surface area contributed by atoms with Gasteiger partial charge in [0.05, 0.1) is 36.9 Å². The lowest BCUT2D eigenvalue weighted by molar-refractivity contribution is -0.0328. The molecule has 0 saturated carbocycles. The van der Waals surface area contributed by atoms with Gasteiger partial charge in [0.25, 0.3) is 0 Å². The van der Waals surface area contributed by atoms with Gasteiger partial charge in [-0.1, -0.05) is 0 Å². The Morgan fingerprint density at radius 2 is 2.18 bits per heavy atom. The summed E-state index contributed by atoms with van der Waals surface area (Å²) in [5.74, 6) is -0.136. The molecular formula is C13H19FN4O3S. The molecule has 0 aliphatic carbocycles. The number of nitrogens with zero attached hydrogens (tertiary/aromatic N) is 3. The van der Waals surface area contributed by atoms with Crippen LogP contribution in [0.3, 0.4) is 0 Å². The standard InChI is InChI=1S/C13H19FN4O3S/c1-22(19,20)18-4-2-3-13(9-18)5-11(8-21-13)17-12-15-6-10(14)7-16-12/h6-7,11H,2-5,8-9H2,1H3,(H,15,16,17)/t11-,13-/m1/s1. The van der Waals surface area contributed by atoms with Crippen LogP contribution >= 0.6 is 0 Å². The summed E-state index contributed by atoms with van der Waals surface area (Å²) in [5, 5.41) is 3.11. The summed E-state index contributed by atoms with van der Waals surface area (Å²) in [6.45, 7) is 1.38. The first-order chi connectivity index (χ1) is 10.4. The van der Waals surface area contributed by atoms with E-state index < -0.39 is 21.4 Å². The molecule has 122 valence electrons. The Kier molecular flexibility index (Phi) is 4.04. The third-order valence-corrected chi connectivity index (χ3v) is 5.39. The van der Waals surface area contributed by atoms with Gasteiger partial charge < -0.3 is 10.1 Å². The number of rotatable bonds is 3. The molecule has 3 rings (SSSR count). The van der Waals surface area contributed by atoms with Crippen LogP contribution in [-0.4, -0.2) is 60.3 Å². The van der Waals surface area contributed by atoms with Gasteiger partial charge in [0.2, 0.25) is 16.0 Å². The van der Waals surface area contributed by atoms with E-state index in [0.717, 1.165) is 25.2 Å². The van der Waals surface area contributed by atoms with Crippen molar-refractivity contribution in [3.05, 3.63) is 18.2 Å². The smallest absolute Gasteiger partial charge is 0.223 e. The van der Waals surface area contributed by atoms with Crippen LogP contribution in [-0.2, 0) is 14.8 Å². The van der Waals surface area contributed by atoms with Crippen LogP contribution in [0.5, 0.6) is 0 Å². The molecule has 22 heavy (non-hydrogen) atoms. The summed E-state index contributed by atoms with van der Waals surface area (Å²) in [5.41, 5.74) is -0.445. The largest absolute Gasteiger partial charge is 0.371 e. The zero-order chi connectivity index (χ0) is 15.8. The first-order valence-corrected chi connectivity index (χ1v) is 9.04. The average Bonchev–Trinajstić information content (AvgIpc) is 2.83. The fraction of sp³-hybridized carbons (Fsp3) is 0.692. The van der Waals surface area contributed by atoms with Crippen molar-refractivity contribution in [2.24, 2.45) is 0 Å². The van der Waals surface area contributed by atoms with E-state index in [2.05, 4.69) is 15.3 Å². The first kappa shape index (κ1) is 15.6. The van der Waals surface area contributed by atoms with Gasteiger partial charge in [-0.05, 0) is 12.8 Å². The van der Waals surface area contributed by atoms with Gasteiger partial charge in [-0.3, -0.25) is 0 Å². The van der Waals surface area contributed by atoms with Gasteiger partial charge in [0.1, 0.15) is 0 Å². The number of hydrogen-bond acceptors (Lipinski definition) is 6. The van der Waals surface area contributed by atoms with Crippen molar-refractivity contribution in [3.8, 4) is 0 Å². The summed E-state index contributed by atoms with van der Waals surface area (Å²) in [7, 11) is -3.20. The van der Waals surface area contributed by atoms with E-state index in [-0.39, 0.29) is 6.04 Å². The lowest BCUT2D eigenvalue weighted by Crippen LogP contribution is -2.50. The molecule has 0 amide bonds. The molecule has 0 unspecified atom stereocenters. The summed E-state index contributed by atoms with van der Waals surface area (Å²) in [6.07, 6.45) is 5.73. The second kappa shape index (κ2) is 5.71. The van der Waals surface area contributed by atoms with E-state index >= 15 is 0 Å². The van der Waals surface area contributed by atoms with Crippen molar-refractivity contribution in [3.63, 3.8) is 0 Å². The van der Waals surface area contributed by atoms with Gasteiger partial charge in [0.15, 0.2) is 5.82 Å². The highest BCUT2D eigenvalue weighted by Crippen LogP contribution is 2.36. The maximum atomic E-state index is 12.8. The Hall–Kier alpha value is -1.32. The minimum atomic E-state index is -3.20. The lowest BCUT2D eigenvalue weighted by atomic mass is 9.90. The average molecular weight is 330 g/mol.